The van der Waals surface area contributed by atoms with Gasteiger partial charge >= 0.3 is 5.97 Å². The summed E-state index contributed by atoms with van der Waals surface area (Å²) in [6, 6.07) is 0. The van der Waals surface area contributed by atoms with E-state index in [-0.39, 0.29) is 11.4 Å². The maximum Gasteiger partial charge on any atom is 0.341 e. The van der Waals surface area contributed by atoms with E-state index in [0.717, 1.165) is 19.3 Å². The van der Waals surface area contributed by atoms with Gasteiger partial charge in [0.15, 0.2) is 0 Å². The van der Waals surface area contributed by atoms with Crippen LogP contribution in [0.3, 0.4) is 0 Å². The molecule has 0 rings (SSSR count). The largest absolute Gasteiger partial charge is 0.462 e. The highest BCUT2D eigenvalue weighted by Gasteiger charge is 2.12. The molecule has 0 unspecified atom stereocenters. The molecule has 0 aromatic carbocycles. The van der Waals surface area contributed by atoms with Crippen LogP contribution >= 0.6 is 0 Å². The monoisotopic (exact) mass is 198 g/mol. The maximum absolute atomic E-state index is 11.3. The van der Waals surface area contributed by atoms with Crippen LogP contribution in [-0.4, -0.2) is 18.4 Å². The van der Waals surface area contributed by atoms with Crippen molar-refractivity contribution >= 4 is 11.8 Å². The number of nitrogens with one attached hydrogen (secondary N) is 1. The normalized spacial score (nSPS) is 11.1. The molecule has 80 valence electrons. The van der Waals surface area contributed by atoms with E-state index in [1.807, 2.05) is 0 Å². The van der Waals surface area contributed by atoms with Gasteiger partial charge in [0.25, 0.3) is 0 Å². The van der Waals surface area contributed by atoms with E-state index in [4.69, 9.17) is 15.9 Å². The van der Waals surface area contributed by atoms with E-state index in [9.17, 15) is 4.79 Å². The number of ether oxygens (including phenoxy) is 1. The molecule has 4 heteroatoms. The average molecular weight is 198 g/mol. The smallest absolute Gasteiger partial charge is 0.341 e. The molecule has 4 nitrogen and oxygen atoms in total. The highest BCUT2D eigenvalue weighted by Crippen LogP contribution is 2.03. The molecule has 14 heavy (non-hydrogen) atoms. The Balaban J connectivity index is 4.35. The van der Waals surface area contributed by atoms with Crippen molar-refractivity contribution in [3.05, 3.63) is 11.6 Å². The summed E-state index contributed by atoms with van der Waals surface area (Å²) in [6.07, 6.45) is 4.45. The Morgan fingerprint density at radius 2 is 2.14 bits per heavy atom. The van der Waals surface area contributed by atoms with Crippen molar-refractivity contribution in [2.24, 2.45) is 5.73 Å². The summed E-state index contributed by atoms with van der Waals surface area (Å²) in [5.41, 5.74) is 5.45. The number of hydrogen-bond acceptors (Lipinski definition) is 3. The Hall–Kier alpha value is -1.32. The SMILES string of the molecule is CCCC/C=C(\C(=N)N)C(=O)OCC. The van der Waals surface area contributed by atoms with E-state index < -0.39 is 5.97 Å². The second kappa shape index (κ2) is 7.12. The van der Waals surface area contributed by atoms with Crippen molar-refractivity contribution in [3.63, 3.8) is 0 Å². The third kappa shape index (κ3) is 4.64. The fraction of sp³-hybridized carbons (Fsp3) is 0.600. The van der Waals surface area contributed by atoms with Gasteiger partial charge < -0.3 is 10.5 Å². The van der Waals surface area contributed by atoms with Crippen molar-refractivity contribution in [3.8, 4) is 0 Å². The van der Waals surface area contributed by atoms with Gasteiger partial charge in [0.1, 0.15) is 5.84 Å². The zero-order valence-corrected chi connectivity index (χ0v) is 8.80. The number of carbonyl (C=O) groups excluding carboxylic acids is 1. The van der Waals surface area contributed by atoms with Gasteiger partial charge in [-0.3, -0.25) is 5.41 Å². The number of rotatable bonds is 6. The summed E-state index contributed by atoms with van der Waals surface area (Å²) in [6.45, 7) is 4.09. The predicted octanol–water partition coefficient (Wildman–Crippen LogP) is 1.60. The second-order valence-corrected chi connectivity index (χ2v) is 2.89. The molecular weight excluding hydrogens is 180 g/mol. The number of hydrogen-bond donors (Lipinski definition) is 2. The number of esters is 1. The van der Waals surface area contributed by atoms with Crippen molar-refractivity contribution in [1.82, 2.24) is 0 Å². The Morgan fingerprint density at radius 1 is 1.50 bits per heavy atom. The Kier molecular flexibility index (Phi) is 6.45. The van der Waals surface area contributed by atoms with Gasteiger partial charge in [-0.05, 0) is 13.3 Å². The van der Waals surface area contributed by atoms with Crippen molar-refractivity contribution < 1.29 is 9.53 Å². The fourth-order valence-corrected chi connectivity index (χ4v) is 0.963. The first-order valence-corrected chi connectivity index (χ1v) is 4.85. The highest BCUT2D eigenvalue weighted by atomic mass is 16.5. The Morgan fingerprint density at radius 3 is 2.57 bits per heavy atom. The molecule has 3 N–H and O–H groups in total. The van der Waals surface area contributed by atoms with Crippen LogP contribution in [0.15, 0.2) is 11.6 Å². The maximum atomic E-state index is 11.3. The van der Waals surface area contributed by atoms with Gasteiger partial charge in [-0.25, -0.2) is 4.79 Å². The van der Waals surface area contributed by atoms with E-state index in [2.05, 4.69) is 6.92 Å². The van der Waals surface area contributed by atoms with Gasteiger partial charge in [0, 0.05) is 0 Å². The van der Waals surface area contributed by atoms with E-state index in [1.54, 1.807) is 13.0 Å². The Bertz CT molecular complexity index is 234. The molecule has 0 saturated heterocycles. The molecule has 0 spiro atoms. The predicted molar refractivity (Wildman–Crippen MR) is 56.2 cm³/mol. The molecule has 0 amide bonds. The van der Waals surface area contributed by atoms with E-state index >= 15 is 0 Å². The van der Waals surface area contributed by atoms with Crippen molar-refractivity contribution in [2.45, 2.75) is 33.1 Å². The van der Waals surface area contributed by atoms with Crippen LogP contribution in [0.25, 0.3) is 0 Å². The van der Waals surface area contributed by atoms with Crippen LogP contribution in [0.2, 0.25) is 0 Å². The molecule has 0 aliphatic heterocycles. The third-order valence-electron chi connectivity index (χ3n) is 1.69. The van der Waals surface area contributed by atoms with Crippen LogP contribution in [0, 0.1) is 5.41 Å². The number of amidine groups is 1. The molecule has 0 aromatic rings. The molecular formula is C10H18N2O2. The van der Waals surface area contributed by atoms with Gasteiger partial charge in [-0.2, -0.15) is 0 Å². The lowest BCUT2D eigenvalue weighted by Crippen LogP contribution is -2.21. The van der Waals surface area contributed by atoms with Gasteiger partial charge in [-0.15, -0.1) is 0 Å². The van der Waals surface area contributed by atoms with Gasteiger partial charge in [0.2, 0.25) is 0 Å². The molecule has 0 atom stereocenters. The summed E-state index contributed by atoms with van der Waals surface area (Å²) in [4.78, 5) is 11.3. The number of nitrogens with two attached hydrogens (primary N) is 1. The van der Waals surface area contributed by atoms with Crippen LogP contribution in [-0.2, 0) is 9.53 Å². The zero-order chi connectivity index (χ0) is 11.0. The second-order valence-electron chi connectivity index (χ2n) is 2.89. The van der Waals surface area contributed by atoms with Crippen LogP contribution in [0.1, 0.15) is 33.1 Å². The van der Waals surface area contributed by atoms with Crippen LogP contribution in [0.4, 0.5) is 0 Å². The molecule has 0 heterocycles. The summed E-state index contributed by atoms with van der Waals surface area (Å²) < 4.78 is 4.77. The lowest BCUT2D eigenvalue weighted by Gasteiger charge is -2.04. The quantitative estimate of drug-likeness (QED) is 0.224. The van der Waals surface area contributed by atoms with Gasteiger partial charge in [-0.1, -0.05) is 25.8 Å². The molecule has 0 aromatic heterocycles. The molecule has 0 aliphatic carbocycles. The molecule has 0 fully saturated rings. The average Bonchev–Trinajstić information content (AvgIpc) is 2.12. The fourth-order valence-electron chi connectivity index (χ4n) is 0.963. The zero-order valence-electron chi connectivity index (χ0n) is 8.80. The topological polar surface area (TPSA) is 76.2 Å². The van der Waals surface area contributed by atoms with Crippen molar-refractivity contribution in [1.29, 1.82) is 5.41 Å². The lowest BCUT2D eigenvalue weighted by atomic mass is 10.1. The van der Waals surface area contributed by atoms with Crippen molar-refractivity contribution in [2.75, 3.05) is 6.61 Å². The summed E-state index contributed by atoms with van der Waals surface area (Å²) >= 11 is 0. The third-order valence-corrected chi connectivity index (χ3v) is 1.69. The molecule has 0 radical (unpaired) electrons. The number of carbonyl (C=O) groups is 1. The van der Waals surface area contributed by atoms with Gasteiger partial charge in [0.05, 0.1) is 12.2 Å². The first-order chi connectivity index (χ1) is 6.63. The van der Waals surface area contributed by atoms with Crippen LogP contribution in [0.5, 0.6) is 0 Å². The van der Waals surface area contributed by atoms with Crippen LogP contribution < -0.4 is 5.73 Å². The minimum absolute atomic E-state index is 0.181. The van der Waals surface area contributed by atoms with E-state index in [0.29, 0.717) is 6.61 Å². The highest BCUT2D eigenvalue weighted by molar-refractivity contribution is 6.16. The minimum atomic E-state index is -0.504. The minimum Gasteiger partial charge on any atom is -0.462 e. The first-order valence-electron chi connectivity index (χ1n) is 4.85. The number of allylic oxidation sites excluding steroid dienone is 1. The number of unbranched alkanes of at least 4 members (excludes halogenated alkanes) is 2. The first kappa shape index (κ1) is 12.7. The lowest BCUT2D eigenvalue weighted by molar-refractivity contribution is -0.137. The molecule has 0 bridgehead atoms. The van der Waals surface area contributed by atoms with E-state index in [1.165, 1.54) is 0 Å². The summed E-state index contributed by atoms with van der Waals surface area (Å²) in [5, 5.41) is 7.20. The summed E-state index contributed by atoms with van der Waals surface area (Å²) in [5.74, 6) is -0.726. The Labute approximate surface area is 84.6 Å². The standard InChI is InChI=1S/C10H18N2O2/c1-3-5-6-7-8(9(11)12)10(13)14-4-2/h7H,3-6H2,1-2H3,(H3,11,12)/b8-7+. The molecule has 0 saturated carbocycles. The molecule has 0 aliphatic rings. The summed E-state index contributed by atoms with van der Waals surface area (Å²) in [7, 11) is 0.